The van der Waals surface area contributed by atoms with Gasteiger partial charge in [0, 0.05) is 17.8 Å². The van der Waals surface area contributed by atoms with Crippen LogP contribution in [0.4, 0.5) is 14.7 Å². The quantitative estimate of drug-likeness (QED) is 0.359. The first-order valence-corrected chi connectivity index (χ1v) is 12.0. The first kappa shape index (κ1) is 25.5. The van der Waals surface area contributed by atoms with Gasteiger partial charge in [0.25, 0.3) is 6.43 Å². The van der Waals surface area contributed by atoms with Crippen LogP contribution in [0.25, 0.3) is 33.5 Å². The van der Waals surface area contributed by atoms with Gasteiger partial charge in [0.2, 0.25) is 11.8 Å². The number of halogens is 2. The second-order valence-electron chi connectivity index (χ2n) is 9.27. The molecule has 1 aliphatic carbocycles. The highest BCUT2D eigenvalue weighted by molar-refractivity contribution is 6.58. The van der Waals surface area contributed by atoms with E-state index in [1.54, 1.807) is 25.3 Å². The number of nitrogens with zero attached hydrogens (tertiary/aromatic N) is 5. The molecule has 14 heteroatoms. The van der Waals surface area contributed by atoms with Crippen molar-refractivity contribution in [1.29, 1.82) is 0 Å². The molecule has 0 atom stereocenters. The lowest BCUT2D eigenvalue weighted by Crippen LogP contribution is -2.41. The molecule has 0 saturated heterocycles. The van der Waals surface area contributed by atoms with Crippen LogP contribution < -0.4 is 10.1 Å². The van der Waals surface area contributed by atoms with E-state index >= 15 is 0 Å². The van der Waals surface area contributed by atoms with Crippen molar-refractivity contribution >= 4 is 51.7 Å². The number of aromatic amines is 1. The molecule has 1 saturated carbocycles. The van der Waals surface area contributed by atoms with Crippen LogP contribution in [0.15, 0.2) is 18.3 Å². The van der Waals surface area contributed by atoms with E-state index in [4.69, 9.17) is 33.0 Å². The normalized spacial score (nSPS) is 18.6. The Morgan fingerprint density at radius 2 is 1.89 bits per heavy atom. The summed E-state index contributed by atoms with van der Waals surface area (Å²) < 4.78 is 38.8. The van der Waals surface area contributed by atoms with Crippen molar-refractivity contribution in [2.75, 3.05) is 12.4 Å². The Labute approximate surface area is 216 Å². The van der Waals surface area contributed by atoms with Gasteiger partial charge >= 0.3 is 0 Å². The van der Waals surface area contributed by atoms with Crippen LogP contribution in [0.1, 0.15) is 31.5 Å². The molecule has 4 aromatic rings. The molecular formula is C23H24B3F2N7O2. The number of pyridine rings is 1. The van der Waals surface area contributed by atoms with Gasteiger partial charge in [-0.25, -0.2) is 18.7 Å². The van der Waals surface area contributed by atoms with Crippen molar-refractivity contribution < 1.29 is 18.3 Å². The number of imidazole rings is 1. The third-order valence-corrected chi connectivity index (χ3v) is 6.45. The third-order valence-electron chi connectivity index (χ3n) is 6.45. The van der Waals surface area contributed by atoms with E-state index in [-0.39, 0.29) is 12.1 Å². The second kappa shape index (κ2) is 9.96. The number of fused-ring (bicyclic) bond motifs is 2. The summed E-state index contributed by atoms with van der Waals surface area (Å²) in [6.07, 6.45) is 2.22. The maximum atomic E-state index is 13.1. The Morgan fingerprint density at radius 1 is 1.14 bits per heavy atom. The predicted octanol–water partition coefficient (Wildman–Crippen LogP) is 2.81. The van der Waals surface area contributed by atoms with Crippen LogP contribution in [0.3, 0.4) is 0 Å². The number of ether oxygens (including phenoxy) is 2. The fourth-order valence-electron chi connectivity index (χ4n) is 4.83. The number of methoxy groups -OCH3 is 1. The van der Waals surface area contributed by atoms with Crippen molar-refractivity contribution in [3.05, 3.63) is 24.2 Å². The van der Waals surface area contributed by atoms with E-state index < -0.39 is 18.3 Å². The predicted molar refractivity (Wildman–Crippen MR) is 138 cm³/mol. The van der Waals surface area contributed by atoms with Crippen LogP contribution >= 0.6 is 0 Å². The van der Waals surface area contributed by atoms with Crippen LogP contribution in [-0.4, -0.2) is 84.0 Å². The van der Waals surface area contributed by atoms with Crippen molar-refractivity contribution in [3.8, 4) is 17.1 Å². The van der Waals surface area contributed by atoms with Gasteiger partial charge in [0.1, 0.15) is 17.0 Å². The minimum atomic E-state index is -2.52. The topological polar surface area (TPSA) is 103 Å². The zero-order valence-electron chi connectivity index (χ0n) is 20.5. The summed E-state index contributed by atoms with van der Waals surface area (Å²) in [5, 5.41) is 2.36. The standard InChI is InChI=1S/C23H24B3F2N7O2/c1-11-30-16-8-7-15(32-20(16)35(11)10-17(27)28)14-9-29-19-18(14)21(36-2)34-22(33-19)31-12-3-5-13(6-4-12)37-23(24,25)26/h7-9,12-13,17H,3-6,10H2,1-2H3,(H2,29,31,33,34). The third kappa shape index (κ3) is 5.44. The SMILES string of the molecule is [B]C([B])([B])OC1CCC(Nc2nc(OC)c3c(-c4ccc5nc(C)n(CC(F)F)c5n4)c[nH]c3n2)CC1. The first-order chi connectivity index (χ1) is 17.6. The number of aromatic nitrogens is 6. The molecule has 4 aromatic heterocycles. The van der Waals surface area contributed by atoms with Crippen LogP contribution in [-0.2, 0) is 11.3 Å². The molecule has 2 N–H and O–H groups in total. The Bertz CT molecular complexity index is 1420. The Hall–Kier alpha value is -3.15. The number of rotatable bonds is 8. The van der Waals surface area contributed by atoms with E-state index in [1.807, 2.05) is 0 Å². The van der Waals surface area contributed by atoms with E-state index in [9.17, 15) is 8.78 Å². The lowest BCUT2D eigenvalue weighted by atomic mass is 9.52. The molecule has 0 bridgehead atoms. The number of nitrogens with one attached hydrogen (secondary N) is 2. The molecular weight excluding hydrogens is 477 g/mol. The summed E-state index contributed by atoms with van der Waals surface area (Å²) in [5.74, 6) is 1.26. The summed E-state index contributed by atoms with van der Waals surface area (Å²) in [6, 6.07) is 3.68. The number of hydrogen-bond donors (Lipinski definition) is 2. The molecule has 1 fully saturated rings. The zero-order valence-corrected chi connectivity index (χ0v) is 20.5. The fourth-order valence-corrected chi connectivity index (χ4v) is 4.83. The van der Waals surface area contributed by atoms with E-state index in [0.29, 0.717) is 51.1 Å². The minimum absolute atomic E-state index is 0.104. The Balaban J connectivity index is 1.41. The molecule has 0 unspecified atom stereocenters. The second-order valence-corrected chi connectivity index (χ2v) is 9.27. The summed E-state index contributed by atoms with van der Waals surface area (Å²) in [5.41, 5.74) is 2.74. The number of hydrogen-bond acceptors (Lipinski definition) is 7. The molecule has 0 spiro atoms. The summed E-state index contributed by atoms with van der Waals surface area (Å²) >= 11 is 0. The monoisotopic (exact) mass is 501 g/mol. The maximum absolute atomic E-state index is 13.1. The largest absolute Gasteiger partial charge is 0.480 e. The van der Waals surface area contributed by atoms with E-state index in [1.165, 1.54) is 11.7 Å². The zero-order chi connectivity index (χ0) is 26.3. The molecule has 186 valence electrons. The molecule has 5 rings (SSSR count). The molecule has 0 aliphatic heterocycles. The van der Waals surface area contributed by atoms with Crippen molar-refractivity contribution in [2.24, 2.45) is 0 Å². The molecule has 1 aliphatic rings. The summed E-state index contributed by atoms with van der Waals surface area (Å²) in [4.78, 5) is 21.4. The molecule has 0 aromatic carbocycles. The molecule has 9 nitrogen and oxygen atoms in total. The van der Waals surface area contributed by atoms with E-state index in [0.717, 1.165) is 25.7 Å². The van der Waals surface area contributed by atoms with Gasteiger partial charge in [0.15, 0.2) is 5.65 Å². The highest BCUT2D eigenvalue weighted by Gasteiger charge is 2.26. The minimum Gasteiger partial charge on any atom is -0.480 e. The average Bonchev–Trinajstić information content (AvgIpc) is 3.39. The van der Waals surface area contributed by atoms with E-state index in [2.05, 4.69) is 30.2 Å². The smallest absolute Gasteiger partial charge is 0.256 e. The first-order valence-electron chi connectivity index (χ1n) is 12.0. The average molecular weight is 501 g/mol. The van der Waals surface area contributed by atoms with Crippen molar-refractivity contribution in [1.82, 2.24) is 29.5 Å². The lowest BCUT2D eigenvalue weighted by Gasteiger charge is -2.34. The van der Waals surface area contributed by atoms with Gasteiger partial charge in [-0.15, -0.1) is 0 Å². The van der Waals surface area contributed by atoms with Gasteiger partial charge < -0.3 is 24.3 Å². The van der Waals surface area contributed by atoms with Crippen molar-refractivity contribution in [2.45, 2.75) is 63.0 Å². The summed E-state index contributed by atoms with van der Waals surface area (Å²) in [7, 11) is 18.2. The fraction of sp³-hybridized carbons (Fsp3) is 0.478. The van der Waals surface area contributed by atoms with Gasteiger partial charge in [-0.1, -0.05) is 0 Å². The number of aryl methyl sites for hydroxylation is 1. The Kier molecular flexibility index (Phi) is 6.87. The molecule has 6 radical (unpaired) electrons. The van der Waals surface area contributed by atoms with Gasteiger partial charge in [-0.2, -0.15) is 9.97 Å². The van der Waals surface area contributed by atoms with Crippen LogP contribution in [0, 0.1) is 6.92 Å². The number of H-pyrrole nitrogens is 1. The maximum Gasteiger partial charge on any atom is 0.256 e. The molecule has 37 heavy (non-hydrogen) atoms. The number of anilines is 1. The van der Waals surface area contributed by atoms with Gasteiger partial charge in [-0.05, 0) is 50.0 Å². The lowest BCUT2D eigenvalue weighted by molar-refractivity contribution is 0.0202. The summed E-state index contributed by atoms with van der Waals surface area (Å²) in [6.45, 7) is 1.20. The van der Waals surface area contributed by atoms with Crippen molar-refractivity contribution in [3.63, 3.8) is 0 Å². The highest BCUT2D eigenvalue weighted by Crippen LogP contribution is 2.35. The van der Waals surface area contributed by atoms with Gasteiger partial charge in [0.05, 0.1) is 54.4 Å². The molecule has 4 heterocycles. The number of alkyl halides is 2. The van der Waals surface area contributed by atoms with Gasteiger partial charge in [-0.3, -0.25) is 0 Å². The highest BCUT2D eigenvalue weighted by atomic mass is 19.3. The van der Waals surface area contributed by atoms with Crippen LogP contribution in [0.2, 0.25) is 0 Å². The Morgan fingerprint density at radius 3 is 2.57 bits per heavy atom. The molecule has 0 amide bonds. The van der Waals surface area contributed by atoms with Crippen LogP contribution in [0.5, 0.6) is 5.88 Å².